The Bertz CT molecular complexity index is 1210. The Morgan fingerprint density at radius 1 is 1.03 bits per heavy atom. The minimum absolute atomic E-state index is 0.0692. The summed E-state index contributed by atoms with van der Waals surface area (Å²) in [6.45, 7) is 3.39. The number of benzene rings is 2. The van der Waals surface area contributed by atoms with E-state index in [4.69, 9.17) is 9.47 Å². The zero-order chi connectivity index (χ0) is 24.9. The number of carbonyl (C=O) groups is 2. The molecule has 5 rings (SSSR count). The van der Waals surface area contributed by atoms with E-state index < -0.39 is 5.92 Å². The molecule has 2 fully saturated rings. The fourth-order valence-corrected chi connectivity index (χ4v) is 4.34. The topological polar surface area (TPSA) is 109 Å². The van der Waals surface area contributed by atoms with E-state index in [1.54, 1.807) is 30.3 Å². The molecule has 36 heavy (non-hydrogen) atoms. The standard InChI is InChI=1S/C26H28N6O4/c1-35-23-8-6-21(7-9-23)32-17-18(14-25(32)33)26(34)29-20-4-2-19(3-5-20)28-24-15-22(16-27-30-24)31-10-12-36-13-11-31/h2-9,15-16,18H,10-14,17H2,1H3,(H,28,30)(H,29,34). The van der Waals surface area contributed by atoms with Crippen molar-refractivity contribution in [1.82, 2.24) is 10.2 Å². The molecule has 0 radical (unpaired) electrons. The largest absolute Gasteiger partial charge is 0.497 e. The van der Waals surface area contributed by atoms with Crippen LogP contribution in [-0.4, -0.2) is 62.0 Å². The summed E-state index contributed by atoms with van der Waals surface area (Å²) in [5, 5.41) is 14.5. The maximum Gasteiger partial charge on any atom is 0.229 e. The van der Waals surface area contributed by atoms with E-state index in [0.717, 1.165) is 35.9 Å². The van der Waals surface area contributed by atoms with Gasteiger partial charge >= 0.3 is 0 Å². The molecule has 3 heterocycles. The number of anilines is 5. The Labute approximate surface area is 209 Å². The van der Waals surface area contributed by atoms with Crippen LogP contribution in [0.2, 0.25) is 0 Å². The van der Waals surface area contributed by atoms with Crippen LogP contribution in [0.25, 0.3) is 0 Å². The second-order valence-electron chi connectivity index (χ2n) is 8.69. The maximum absolute atomic E-state index is 12.8. The van der Waals surface area contributed by atoms with Crippen molar-refractivity contribution in [3.8, 4) is 5.75 Å². The monoisotopic (exact) mass is 488 g/mol. The number of carbonyl (C=O) groups excluding carboxylic acids is 2. The van der Waals surface area contributed by atoms with Crippen molar-refractivity contribution in [1.29, 1.82) is 0 Å². The Balaban J connectivity index is 1.17. The molecule has 1 atom stereocenters. The quantitative estimate of drug-likeness (QED) is 0.522. The lowest BCUT2D eigenvalue weighted by Gasteiger charge is -2.28. The Hall–Kier alpha value is -4.18. The summed E-state index contributed by atoms with van der Waals surface area (Å²) < 4.78 is 10.6. The highest BCUT2D eigenvalue weighted by molar-refractivity contribution is 6.03. The molecular formula is C26H28N6O4. The molecule has 0 spiro atoms. The van der Waals surface area contributed by atoms with Gasteiger partial charge < -0.3 is 29.9 Å². The number of nitrogens with zero attached hydrogens (tertiary/aromatic N) is 4. The zero-order valence-corrected chi connectivity index (χ0v) is 20.0. The molecule has 1 unspecified atom stereocenters. The molecule has 0 aliphatic carbocycles. The molecule has 186 valence electrons. The molecule has 2 aliphatic heterocycles. The van der Waals surface area contributed by atoms with Crippen molar-refractivity contribution >= 4 is 40.4 Å². The van der Waals surface area contributed by atoms with Crippen LogP contribution in [0.5, 0.6) is 5.75 Å². The van der Waals surface area contributed by atoms with Gasteiger partial charge in [-0.2, -0.15) is 5.10 Å². The molecule has 0 bridgehead atoms. The minimum Gasteiger partial charge on any atom is -0.497 e. The van der Waals surface area contributed by atoms with Crippen LogP contribution in [0, 0.1) is 5.92 Å². The van der Waals surface area contributed by atoms with Gasteiger partial charge in [-0.15, -0.1) is 5.10 Å². The molecule has 0 saturated carbocycles. The molecule has 2 amide bonds. The van der Waals surface area contributed by atoms with Gasteiger partial charge in [-0.1, -0.05) is 0 Å². The lowest BCUT2D eigenvalue weighted by Crippen LogP contribution is -2.36. The summed E-state index contributed by atoms with van der Waals surface area (Å²) in [7, 11) is 1.59. The van der Waals surface area contributed by atoms with E-state index in [-0.39, 0.29) is 18.2 Å². The number of nitrogens with one attached hydrogen (secondary N) is 2. The van der Waals surface area contributed by atoms with Gasteiger partial charge in [0.2, 0.25) is 11.8 Å². The highest BCUT2D eigenvalue weighted by Crippen LogP contribution is 2.28. The molecule has 10 nitrogen and oxygen atoms in total. The smallest absolute Gasteiger partial charge is 0.229 e. The van der Waals surface area contributed by atoms with Crippen LogP contribution >= 0.6 is 0 Å². The SMILES string of the molecule is COc1ccc(N2CC(C(=O)Nc3ccc(Nc4cc(N5CCOCC5)cnn4)cc3)CC2=O)cc1. The molecule has 3 aromatic rings. The minimum atomic E-state index is -0.421. The van der Waals surface area contributed by atoms with E-state index in [1.807, 2.05) is 42.5 Å². The van der Waals surface area contributed by atoms with Crippen LogP contribution in [0.15, 0.2) is 60.8 Å². The first kappa shape index (κ1) is 23.6. The Kier molecular flexibility index (Phi) is 6.94. The fraction of sp³-hybridized carbons (Fsp3) is 0.308. The van der Waals surface area contributed by atoms with E-state index in [1.165, 1.54) is 0 Å². The summed E-state index contributed by atoms with van der Waals surface area (Å²) in [4.78, 5) is 29.2. The number of hydrogen-bond donors (Lipinski definition) is 2. The van der Waals surface area contributed by atoms with Crippen molar-refractivity contribution in [2.75, 3.05) is 60.4 Å². The molecule has 2 aliphatic rings. The van der Waals surface area contributed by atoms with Crippen LogP contribution in [0.3, 0.4) is 0 Å². The van der Waals surface area contributed by atoms with E-state index in [2.05, 4.69) is 25.7 Å². The Morgan fingerprint density at radius 2 is 1.75 bits per heavy atom. The van der Waals surface area contributed by atoms with E-state index >= 15 is 0 Å². The molecule has 2 saturated heterocycles. The van der Waals surface area contributed by atoms with Gasteiger partial charge in [-0.05, 0) is 48.5 Å². The number of aromatic nitrogens is 2. The average Bonchev–Trinajstić information content (AvgIpc) is 3.32. The van der Waals surface area contributed by atoms with Gasteiger partial charge in [-0.25, -0.2) is 0 Å². The third-order valence-electron chi connectivity index (χ3n) is 6.32. The highest BCUT2D eigenvalue weighted by Gasteiger charge is 2.35. The van der Waals surface area contributed by atoms with Crippen LogP contribution in [-0.2, 0) is 14.3 Å². The molecule has 1 aromatic heterocycles. The maximum atomic E-state index is 12.8. The van der Waals surface area contributed by atoms with Crippen molar-refractivity contribution in [3.05, 3.63) is 60.8 Å². The second kappa shape index (κ2) is 10.6. The van der Waals surface area contributed by atoms with Crippen molar-refractivity contribution in [2.24, 2.45) is 5.92 Å². The van der Waals surface area contributed by atoms with Gasteiger partial charge in [0.15, 0.2) is 5.82 Å². The normalized spacial score (nSPS) is 17.7. The number of hydrogen-bond acceptors (Lipinski definition) is 8. The predicted molar refractivity (Wildman–Crippen MR) is 137 cm³/mol. The van der Waals surface area contributed by atoms with E-state index in [9.17, 15) is 9.59 Å². The summed E-state index contributed by atoms with van der Waals surface area (Å²) in [6, 6.07) is 16.6. The predicted octanol–water partition coefficient (Wildman–Crippen LogP) is 3.06. The van der Waals surface area contributed by atoms with Gasteiger partial charge in [-0.3, -0.25) is 9.59 Å². The van der Waals surface area contributed by atoms with Gasteiger partial charge in [0.1, 0.15) is 5.75 Å². The molecule has 10 heteroatoms. The van der Waals surface area contributed by atoms with Crippen molar-refractivity contribution < 1.29 is 19.1 Å². The molecule has 2 aromatic carbocycles. The van der Waals surface area contributed by atoms with Crippen LogP contribution < -0.4 is 25.2 Å². The summed E-state index contributed by atoms with van der Waals surface area (Å²) in [5.74, 6) is 0.688. The summed E-state index contributed by atoms with van der Waals surface area (Å²) in [5.41, 5.74) is 3.24. The van der Waals surface area contributed by atoms with Gasteiger partial charge in [0, 0.05) is 49.2 Å². The van der Waals surface area contributed by atoms with Crippen LogP contribution in [0.1, 0.15) is 6.42 Å². The van der Waals surface area contributed by atoms with Crippen LogP contribution in [0.4, 0.5) is 28.6 Å². The third kappa shape index (κ3) is 5.38. The van der Waals surface area contributed by atoms with Gasteiger partial charge in [0.05, 0.1) is 38.1 Å². The number of ether oxygens (including phenoxy) is 2. The van der Waals surface area contributed by atoms with Crippen molar-refractivity contribution in [2.45, 2.75) is 6.42 Å². The Morgan fingerprint density at radius 3 is 2.47 bits per heavy atom. The molecule has 2 N–H and O–H groups in total. The first-order valence-electron chi connectivity index (χ1n) is 11.9. The number of amides is 2. The van der Waals surface area contributed by atoms with E-state index in [0.29, 0.717) is 31.3 Å². The van der Waals surface area contributed by atoms with Crippen molar-refractivity contribution in [3.63, 3.8) is 0 Å². The number of morpholine rings is 1. The molecular weight excluding hydrogens is 460 g/mol. The number of methoxy groups -OCH3 is 1. The summed E-state index contributed by atoms with van der Waals surface area (Å²) >= 11 is 0. The zero-order valence-electron chi connectivity index (χ0n) is 20.0. The average molecular weight is 489 g/mol. The fourth-order valence-electron chi connectivity index (χ4n) is 4.34. The first-order chi connectivity index (χ1) is 17.6. The lowest BCUT2D eigenvalue weighted by molar-refractivity contribution is -0.122. The lowest BCUT2D eigenvalue weighted by atomic mass is 10.1. The second-order valence-corrected chi connectivity index (χ2v) is 8.69. The summed E-state index contributed by atoms with van der Waals surface area (Å²) in [6.07, 6.45) is 1.92. The van der Waals surface area contributed by atoms with Gasteiger partial charge in [0.25, 0.3) is 0 Å². The first-order valence-corrected chi connectivity index (χ1v) is 11.9. The third-order valence-corrected chi connectivity index (χ3v) is 6.32. The highest BCUT2D eigenvalue weighted by atomic mass is 16.5. The number of rotatable bonds is 7.